The maximum atomic E-state index is 13.2. The van der Waals surface area contributed by atoms with Gasteiger partial charge in [-0.3, -0.25) is 20.4 Å². The molecule has 1 saturated heterocycles. The Hall–Kier alpha value is -3.15. The number of carbonyl (C=O) groups excluding carboxylic acids is 2. The number of hydrogen-bond donors (Lipinski definition) is 2. The summed E-state index contributed by atoms with van der Waals surface area (Å²) in [4.78, 5) is 25.2. The highest BCUT2D eigenvalue weighted by Crippen LogP contribution is 2.27. The van der Waals surface area contributed by atoms with Crippen LogP contribution < -0.4 is 20.3 Å². The predicted molar refractivity (Wildman–Crippen MR) is 120 cm³/mol. The number of hydrazine groups is 1. The molecule has 1 aliphatic heterocycles. The highest BCUT2D eigenvalue weighted by molar-refractivity contribution is 7.89. The molecule has 2 N–H and O–H groups in total. The summed E-state index contributed by atoms with van der Waals surface area (Å²) in [5, 5.41) is 0. The fourth-order valence-electron chi connectivity index (χ4n) is 3.39. The monoisotopic (exact) mass is 477 g/mol. The molecule has 0 unspecified atom stereocenters. The molecule has 1 aliphatic rings. The van der Waals surface area contributed by atoms with Gasteiger partial charge in [0.2, 0.25) is 10.0 Å². The third-order valence-electron chi connectivity index (χ3n) is 5.23. The number of aryl methyl sites for hydroxylation is 1. The average Bonchev–Trinajstić information content (AvgIpc) is 2.86. The Labute approximate surface area is 192 Å². The number of carbonyl (C=O) groups is 2. The number of methoxy groups -OCH3 is 2. The molecular weight excluding hydrogens is 450 g/mol. The van der Waals surface area contributed by atoms with Gasteiger partial charge < -0.3 is 14.2 Å². The fraction of sp³-hybridized carbons (Fsp3) is 0.364. The topological polar surface area (TPSA) is 123 Å². The minimum atomic E-state index is -3.79. The van der Waals surface area contributed by atoms with Crippen molar-refractivity contribution in [3.05, 3.63) is 53.1 Å². The zero-order valence-corrected chi connectivity index (χ0v) is 19.5. The van der Waals surface area contributed by atoms with Gasteiger partial charge >= 0.3 is 0 Å². The van der Waals surface area contributed by atoms with Gasteiger partial charge in [-0.15, -0.1) is 0 Å². The second kappa shape index (κ2) is 10.6. The number of amides is 2. The van der Waals surface area contributed by atoms with E-state index in [2.05, 4.69) is 10.9 Å². The molecule has 0 aliphatic carbocycles. The normalized spacial score (nSPS) is 14.4. The van der Waals surface area contributed by atoms with Crippen LogP contribution in [0.25, 0.3) is 0 Å². The number of ether oxygens (including phenoxy) is 3. The quantitative estimate of drug-likeness (QED) is 0.577. The van der Waals surface area contributed by atoms with Crippen molar-refractivity contribution in [1.82, 2.24) is 15.2 Å². The molecule has 2 aromatic rings. The first-order valence-corrected chi connectivity index (χ1v) is 11.8. The van der Waals surface area contributed by atoms with Gasteiger partial charge in [0.25, 0.3) is 11.8 Å². The smallest absolute Gasteiger partial charge is 0.269 e. The van der Waals surface area contributed by atoms with E-state index in [0.717, 1.165) is 0 Å². The summed E-state index contributed by atoms with van der Waals surface area (Å²) in [6.45, 7) is 3.00. The zero-order chi connectivity index (χ0) is 24.0. The summed E-state index contributed by atoms with van der Waals surface area (Å²) in [5.74, 6) is -0.395. The molecule has 11 heteroatoms. The van der Waals surface area contributed by atoms with Crippen LogP contribution in [0.4, 0.5) is 0 Å². The summed E-state index contributed by atoms with van der Waals surface area (Å²) < 4.78 is 43.2. The van der Waals surface area contributed by atoms with E-state index in [4.69, 9.17) is 14.2 Å². The van der Waals surface area contributed by atoms with Gasteiger partial charge in [-0.2, -0.15) is 4.31 Å². The first-order valence-electron chi connectivity index (χ1n) is 10.3. The van der Waals surface area contributed by atoms with Gasteiger partial charge in [0, 0.05) is 24.2 Å². The van der Waals surface area contributed by atoms with Crippen molar-refractivity contribution in [2.45, 2.75) is 18.2 Å². The van der Waals surface area contributed by atoms with Crippen LogP contribution in [0, 0.1) is 0 Å². The van der Waals surface area contributed by atoms with Crippen LogP contribution in [0.15, 0.2) is 41.3 Å². The van der Waals surface area contributed by atoms with Gasteiger partial charge in [0.05, 0.1) is 32.3 Å². The molecule has 2 amide bonds. The van der Waals surface area contributed by atoms with Crippen molar-refractivity contribution in [2.75, 3.05) is 40.5 Å². The maximum absolute atomic E-state index is 13.2. The van der Waals surface area contributed by atoms with E-state index in [0.29, 0.717) is 36.7 Å². The molecule has 1 fully saturated rings. The number of benzene rings is 2. The van der Waals surface area contributed by atoms with Crippen LogP contribution in [-0.4, -0.2) is 65.1 Å². The number of nitrogens with zero attached hydrogens (tertiary/aromatic N) is 1. The van der Waals surface area contributed by atoms with E-state index in [1.54, 1.807) is 12.1 Å². The third-order valence-corrected chi connectivity index (χ3v) is 7.21. The molecule has 0 spiro atoms. The average molecular weight is 478 g/mol. The van der Waals surface area contributed by atoms with E-state index in [1.165, 1.54) is 42.8 Å². The van der Waals surface area contributed by atoms with Gasteiger partial charge in [0.1, 0.15) is 0 Å². The van der Waals surface area contributed by atoms with Crippen molar-refractivity contribution < 1.29 is 32.2 Å². The first kappa shape index (κ1) is 24.5. The van der Waals surface area contributed by atoms with Crippen LogP contribution in [-0.2, 0) is 21.2 Å². The number of rotatable bonds is 7. The standard InChI is InChI=1S/C22H27N3O7S/c1-4-15-5-6-17(14-20(15)33(28,29)25-9-11-32-12-10-25)22(27)24-23-21(26)16-7-8-18(30-2)19(13-16)31-3/h5-8,13-14H,4,9-12H2,1-3H3,(H,23,26)(H,24,27). The van der Waals surface area contributed by atoms with E-state index < -0.39 is 21.8 Å². The second-order valence-electron chi connectivity index (χ2n) is 7.17. The van der Waals surface area contributed by atoms with Crippen molar-refractivity contribution in [3.63, 3.8) is 0 Å². The largest absolute Gasteiger partial charge is 0.493 e. The van der Waals surface area contributed by atoms with Crippen LogP contribution >= 0.6 is 0 Å². The lowest BCUT2D eigenvalue weighted by atomic mass is 10.1. The molecule has 0 bridgehead atoms. The van der Waals surface area contributed by atoms with Crippen molar-refractivity contribution in [2.24, 2.45) is 0 Å². The minimum absolute atomic E-state index is 0.0748. The zero-order valence-electron chi connectivity index (χ0n) is 18.7. The highest BCUT2D eigenvalue weighted by atomic mass is 32.2. The molecule has 178 valence electrons. The third kappa shape index (κ3) is 5.44. The Morgan fingerprint density at radius 1 is 0.939 bits per heavy atom. The van der Waals surface area contributed by atoms with Gasteiger partial charge in [-0.05, 0) is 42.3 Å². The number of sulfonamides is 1. The minimum Gasteiger partial charge on any atom is -0.493 e. The maximum Gasteiger partial charge on any atom is 0.269 e. The molecule has 2 aromatic carbocycles. The number of morpholine rings is 1. The fourth-order valence-corrected chi connectivity index (χ4v) is 5.12. The number of hydrogen-bond acceptors (Lipinski definition) is 7. The van der Waals surface area contributed by atoms with Crippen molar-refractivity contribution in [1.29, 1.82) is 0 Å². The summed E-state index contributed by atoms with van der Waals surface area (Å²) >= 11 is 0. The first-order chi connectivity index (χ1) is 15.8. The van der Waals surface area contributed by atoms with Gasteiger partial charge in [-0.1, -0.05) is 13.0 Å². The Morgan fingerprint density at radius 3 is 2.09 bits per heavy atom. The summed E-state index contributed by atoms with van der Waals surface area (Å²) in [5.41, 5.74) is 5.59. The lowest BCUT2D eigenvalue weighted by Crippen LogP contribution is -2.42. The lowest BCUT2D eigenvalue weighted by molar-refractivity contribution is 0.0730. The van der Waals surface area contributed by atoms with Crippen LogP contribution in [0.1, 0.15) is 33.2 Å². The Bertz CT molecular complexity index is 1130. The molecule has 1 heterocycles. The lowest BCUT2D eigenvalue weighted by Gasteiger charge is -2.27. The number of nitrogens with one attached hydrogen (secondary N) is 2. The van der Waals surface area contributed by atoms with E-state index in [1.807, 2.05) is 6.92 Å². The van der Waals surface area contributed by atoms with Gasteiger partial charge in [-0.25, -0.2) is 8.42 Å². The molecule has 0 saturated carbocycles. The SMILES string of the molecule is CCc1ccc(C(=O)NNC(=O)c2ccc(OC)c(OC)c2)cc1S(=O)(=O)N1CCOCC1. The molecule has 0 aromatic heterocycles. The Balaban J connectivity index is 1.76. The molecule has 3 rings (SSSR count). The molecule has 0 atom stereocenters. The summed E-state index contributed by atoms with van der Waals surface area (Å²) in [7, 11) is -0.860. The van der Waals surface area contributed by atoms with Crippen molar-refractivity contribution in [3.8, 4) is 11.5 Å². The second-order valence-corrected chi connectivity index (χ2v) is 9.08. The Morgan fingerprint density at radius 2 is 1.52 bits per heavy atom. The summed E-state index contributed by atoms with van der Waals surface area (Å²) in [6, 6.07) is 9.03. The Kier molecular flexibility index (Phi) is 7.90. The van der Waals surface area contributed by atoms with Crippen LogP contribution in [0.5, 0.6) is 11.5 Å². The molecule has 0 radical (unpaired) electrons. The van der Waals surface area contributed by atoms with Crippen LogP contribution in [0.2, 0.25) is 0 Å². The van der Waals surface area contributed by atoms with E-state index in [9.17, 15) is 18.0 Å². The molecule has 33 heavy (non-hydrogen) atoms. The van der Waals surface area contributed by atoms with Crippen molar-refractivity contribution >= 4 is 21.8 Å². The predicted octanol–water partition coefficient (Wildman–Crippen LogP) is 1.36. The van der Waals surface area contributed by atoms with E-state index in [-0.39, 0.29) is 29.1 Å². The summed E-state index contributed by atoms with van der Waals surface area (Å²) in [6.07, 6.45) is 0.483. The molecule has 10 nitrogen and oxygen atoms in total. The molecular formula is C22H27N3O7S. The van der Waals surface area contributed by atoms with E-state index >= 15 is 0 Å². The van der Waals surface area contributed by atoms with Crippen LogP contribution in [0.3, 0.4) is 0 Å². The van der Waals surface area contributed by atoms with Gasteiger partial charge in [0.15, 0.2) is 11.5 Å². The highest BCUT2D eigenvalue weighted by Gasteiger charge is 2.29.